The molecule has 1 aliphatic rings. The molecule has 2 N–H and O–H groups in total. The van der Waals surface area contributed by atoms with Crippen LogP contribution in [0, 0.1) is 0 Å². The zero-order valence-electron chi connectivity index (χ0n) is 13.4. The Hall–Kier alpha value is -1.81. The van der Waals surface area contributed by atoms with Crippen LogP contribution >= 0.6 is 0 Å². The Labute approximate surface area is 132 Å². The van der Waals surface area contributed by atoms with Gasteiger partial charge < -0.3 is 15.4 Å². The number of allylic oxidation sites excluding steroid dienone is 1. The summed E-state index contributed by atoms with van der Waals surface area (Å²) in [5.41, 5.74) is 2.26. The summed E-state index contributed by atoms with van der Waals surface area (Å²) in [5, 5.41) is 6.10. The maximum atomic E-state index is 12.0. The lowest BCUT2D eigenvalue weighted by Gasteiger charge is -2.13. The highest BCUT2D eigenvalue weighted by Gasteiger charge is 2.07. The highest BCUT2D eigenvalue weighted by molar-refractivity contribution is 5.93. The molecule has 1 aliphatic carbocycles. The molecule has 0 fully saturated rings. The van der Waals surface area contributed by atoms with Crippen LogP contribution in [0.4, 0.5) is 5.69 Å². The molecule has 0 aromatic heterocycles. The summed E-state index contributed by atoms with van der Waals surface area (Å²) in [6.07, 6.45) is 8.45. The Kier molecular flexibility index (Phi) is 6.97. The summed E-state index contributed by atoms with van der Waals surface area (Å²) >= 11 is 0. The predicted octanol–water partition coefficient (Wildman–Crippen LogP) is 3.50. The lowest BCUT2D eigenvalue weighted by atomic mass is 9.97. The largest absolute Gasteiger partial charge is 0.492 e. The van der Waals surface area contributed by atoms with E-state index in [9.17, 15) is 4.79 Å². The van der Waals surface area contributed by atoms with Gasteiger partial charge in [-0.2, -0.15) is 0 Å². The fourth-order valence-electron chi connectivity index (χ4n) is 2.63. The number of nitrogens with one attached hydrogen (secondary N) is 2. The van der Waals surface area contributed by atoms with Gasteiger partial charge in [-0.3, -0.25) is 4.79 Å². The maximum Gasteiger partial charge on any atom is 0.238 e. The van der Waals surface area contributed by atoms with E-state index in [-0.39, 0.29) is 5.91 Å². The zero-order chi connectivity index (χ0) is 15.6. The van der Waals surface area contributed by atoms with Gasteiger partial charge in [0.25, 0.3) is 0 Å². The van der Waals surface area contributed by atoms with Gasteiger partial charge in [0.15, 0.2) is 0 Å². The van der Waals surface area contributed by atoms with Crippen LogP contribution in [0.1, 0.15) is 39.0 Å². The molecule has 0 atom stereocenters. The van der Waals surface area contributed by atoms with Crippen LogP contribution in [0.25, 0.3) is 0 Å². The normalized spacial score (nSPS) is 14.3. The standard InChI is InChI=1S/C18H26N2O2/c1-2-22-17-11-7-6-10-16(17)20-18(21)14-19-13-12-15-8-4-3-5-9-15/h6-8,10-11,19H,2-5,9,12-14H2,1H3,(H,20,21). The van der Waals surface area contributed by atoms with E-state index in [2.05, 4.69) is 16.7 Å². The van der Waals surface area contributed by atoms with E-state index in [0.717, 1.165) is 18.7 Å². The van der Waals surface area contributed by atoms with Crippen molar-refractivity contribution in [1.82, 2.24) is 5.32 Å². The molecule has 1 amide bonds. The molecule has 0 unspecified atom stereocenters. The zero-order valence-corrected chi connectivity index (χ0v) is 13.4. The first-order chi connectivity index (χ1) is 10.8. The van der Waals surface area contributed by atoms with E-state index in [1.165, 1.54) is 31.3 Å². The van der Waals surface area contributed by atoms with Gasteiger partial charge in [0, 0.05) is 0 Å². The monoisotopic (exact) mass is 302 g/mol. The number of rotatable bonds is 8. The molecule has 0 bridgehead atoms. The highest BCUT2D eigenvalue weighted by atomic mass is 16.5. The number of benzene rings is 1. The molecule has 0 aliphatic heterocycles. The first-order valence-corrected chi connectivity index (χ1v) is 8.20. The minimum absolute atomic E-state index is 0.0372. The van der Waals surface area contributed by atoms with Crippen LogP contribution in [0.5, 0.6) is 5.75 Å². The second kappa shape index (κ2) is 9.26. The van der Waals surface area contributed by atoms with E-state index in [4.69, 9.17) is 4.74 Å². The fraction of sp³-hybridized carbons (Fsp3) is 0.500. The topological polar surface area (TPSA) is 50.4 Å². The second-order valence-electron chi connectivity index (χ2n) is 5.51. The molecular weight excluding hydrogens is 276 g/mol. The average molecular weight is 302 g/mol. The quantitative estimate of drug-likeness (QED) is 0.571. The van der Waals surface area contributed by atoms with Crippen molar-refractivity contribution in [2.45, 2.75) is 39.0 Å². The Morgan fingerprint density at radius 2 is 2.14 bits per heavy atom. The van der Waals surface area contributed by atoms with Gasteiger partial charge in [-0.25, -0.2) is 0 Å². The summed E-state index contributed by atoms with van der Waals surface area (Å²) in [4.78, 5) is 12.0. The third-order valence-corrected chi connectivity index (χ3v) is 3.75. The van der Waals surface area contributed by atoms with Gasteiger partial charge in [-0.05, 0) is 57.7 Å². The Bertz CT molecular complexity index is 512. The maximum absolute atomic E-state index is 12.0. The Morgan fingerprint density at radius 1 is 1.27 bits per heavy atom. The van der Waals surface area contributed by atoms with Crippen molar-refractivity contribution in [3.63, 3.8) is 0 Å². The van der Waals surface area contributed by atoms with Gasteiger partial charge in [0.05, 0.1) is 18.8 Å². The lowest BCUT2D eigenvalue weighted by Crippen LogP contribution is -2.29. The van der Waals surface area contributed by atoms with Gasteiger partial charge in [-0.1, -0.05) is 23.8 Å². The molecule has 0 saturated carbocycles. The smallest absolute Gasteiger partial charge is 0.238 e. The summed E-state index contributed by atoms with van der Waals surface area (Å²) < 4.78 is 5.50. The number of hydrogen-bond donors (Lipinski definition) is 2. The second-order valence-corrected chi connectivity index (χ2v) is 5.51. The van der Waals surface area contributed by atoms with Gasteiger partial charge in [0.2, 0.25) is 5.91 Å². The first kappa shape index (κ1) is 16.6. The molecule has 22 heavy (non-hydrogen) atoms. The molecule has 4 heteroatoms. The number of hydrogen-bond acceptors (Lipinski definition) is 3. The predicted molar refractivity (Wildman–Crippen MR) is 90.3 cm³/mol. The van der Waals surface area contributed by atoms with Crippen molar-refractivity contribution in [3.8, 4) is 5.75 Å². The molecule has 1 aromatic rings. The number of amides is 1. The average Bonchev–Trinajstić information content (AvgIpc) is 2.55. The lowest BCUT2D eigenvalue weighted by molar-refractivity contribution is -0.115. The number of carbonyl (C=O) groups excluding carboxylic acids is 1. The number of para-hydroxylation sites is 2. The first-order valence-electron chi connectivity index (χ1n) is 8.20. The van der Waals surface area contributed by atoms with Crippen LogP contribution in [0.3, 0.4) is 0 Å². The van der Waals surface area contributed by atoms with Crippen LogP contribution < -0.4 is 15.4 Å². The van der Waals surface area contributed by atoms with E-state index in [1.807, 2.05) is 31.2 Å². The van der Waals surface area contributed by atoms with Crippen molar-refractivity contribution in [2.24, 2.45) is 0 Å². The number of ether oxygens (including phenoxy) is 1. The molecule has 2 rings (SSSR count). The SMILES string of the molecule is CCOc1ccccc1NC(=O)CNCCC1=CCCCC1. The summed E-state index contributed by atoms with van der Waals surface area (Å²) in [5.74, 6) is 0.676. The van der Waals surface area contributed by atoms with E-state index >= 15 is 0 Å². The Morgan fingerprint density at radius 3 is 2.91 bits per heavy atom. The third-order valence-electron chi connectivity index (χ3n) is 3.75. The van der Waals surface area contributed by atoms with Crippen LogP contribution in [0.2, 0.25) is 0 Å². The van der Waals surface area contributed by atoms with Crippen LogP contribution in [-0.2, 0) is 4.79 Å². The van der Waals surface area contributed by atoms with Crippen molar-refractivity contribution in [2.75, 3.05) is 25.0 Å². The molecule has 4 nitrogen and oxygen atoms in total. The summed E-state index contributed by atoms with van der Waals surface area (Å²) in [7, 11) is 0. The molecule has 0 radical (unpaired) electrons. The van der Waals surface area contributed by atoms with Gasteiger partial charge in [-0.15, -0.1) is 0 Å². The number of anilines is 1. The molecule has 0 saturated heterocycles. The van der Waals surface area contributed by atoms with Gasteiger partial charge in [0.1, 0.15) is 5.75 Å². The van der Waals surface area contributed by atoms with Crippen molar-refractivity contribution in [3.05, 3.63) is 35.9 Å². The fourth-order valence-corrected chi connectivity index (χ4v) is 2.63. The van der Waals surface area contributed by atoms with Crippen molar-refractivity contribution < 1.29 is 9.53 Å². The van der Waals surface area contributed by atoms with E-state index in [1.54, 1.807) is 0 Å². The van der Waals surface area contributed by atoms with Gasteiger partial charge >= 0.3 is 0 Å². The summed E-state index contributed by atoms with van der Waals surface area (Å²) in [6, 6.07) is 7.51. The Balaban J connectivity index is 1.70. The molecule has 120 valence electrons. The van der Waals surface area contributed by atoms with E-state index < -0.39 is 0 Å². The number of carbonyl (C=O) groups is 1. The summed E-state index contributed by atoms with van der Waals surface area (Å²) in [6.45, 7) is 3.69. The minimum atomic E-state index is -0.0372. The molecule has 0 spiro atoms. The van der Waals surface area contributed by atoms with Crippen molar-refractivity contribution >= 4 is 11.6 Å². The highest BCUT2D eigenvalue weighted by Crippen LogP contribution is 2.23. The molecule has 0 heterocycles. The van der Waals surface area contributed by atoms with E-state index in [0.29, 0.717) is 18.9 Å². The van der Waals surface area contributed by atoms with Crippen LogP contribution in [0.15, 0.2) is 35.9 Å². The van der Waals surface area contributed by atoms with Crippen molar-refractivity contribution in [1.29, 1.82) is 0 Å². The third kappa shape index (κ3) is 5.53. The minimum Gasteiger partial charge on any atom is -0.492 e. The molecular formula is C18H26N2O2. The molecule has 1 aromatic carbocycles. The van der Waals surface area contributed by atoms with Crippen LogP contribution in [-0.4, -0.2) is 25.6 Å².